The van der Waals surface area contributed by atoms with E-state index in [1.165, 1.54) is 25.9 Å². The summed E-state index contributed by atoms with van der Waals surface area (Å²) in [5.74, 6) is 2.14. The van der Waals surface area contributed by atoms with Crippen LogP contribution < -0.4 is 10.5 Å². The SMILES string of the molecule is COc1cccc2c1nc(N)n2C1CN2CCC1CC2. The molecule has 5 rings (SSSR count). The lowest BCUT2D eigenvalue weighted by Crippen LogP contribution is -2.48. The van der Waals surface area contributed by atoms with E-state index in [1.54, 1.807) is 7.11 Å². The minimum atomic E-state index is 0.453. The van der Waals surface area contributed by atoms with Crippen LogP contribution >= 0.6 is 0 Å². The van der Waals surface area contributed by atoms with Gasteiger partial charge in [0, 0.05) is 6.54 Å². The maximum absolute atomic E-state index is 6.22. The number of nitrogens with two attached hydrogens (primary N) is 1. The molecule has 2 bridgehead atoms. The number of ether oxygens (including phenoxy) is 1. The average molecular weight is 272 g/mol. The van der Waals surface area contributed by atoms with Crippen LogP contribution in [-0.2, 0) is 0 Å². The first-order chi connectivity index (χ1) is 9.78. The molecule has 1 unspecified atom stereocenters. The Morgan fingerprint density at radius 1 is 1.30 bits per heavy atom. The molecular formula is C15H20N4O. The highest BCUT2D eigenvalue weighted by molar-refractivity contribution is 5.84. The summed E-state index contributed by atoms with van der Waals surface area (Å²) in [6.45, 7) is 3.56. The van der Waals surface area contributed by atoms with Crippen molar-refractivity contribution in [3.05, 3.63) is 18.2 Å². The quantitative estimate of drug-likeness (QED) is 0.907. The van der Waals surface area contributed by atoms with Crippen LogP contribution in [0, 0.1) is 5.92 Å². The normalized spacial score (nSPS) is 28.9. The van der Waals surface area contributed by atoms with Crippen LogP contribution in [0.1, 0.15) is 18.9 Å². The number of fused-ring (bicyclic) bond motifs is 4. The highest BCUT2D eigenvalue weighted by Crippen LogP contribution is 2.39. The molecule has 1 aromatic heterocycles. The van der Waals surface area contributed by atoms with Crippen molar-refractivity contribution in [1.82, 2.24) is 14.5 Å². The van der Waals surface area contributed by atoms with E-state index in [9.17, 15) is 0 Å². The van der Waals surface area contributed by atoms with E-state index in [1.807, 2.05) is 12.1 Å². The molecule has 2 aromatic rings. The molecule has 0 radical (unpaired) electrons. The number of para-hydroxylation sites is 1. The summed E-state index contributed by atoms with van der Waals surface area (Å²) in [6, 6.07) is 6.50. The fourth-order valence-corrected chi connectivity index (χ4v) is 3.85. The predicted molar refractivity (Wildman–Crippen MR) is 78.9 cm³/mol. The predicted octanol–water partition coefficient (Wildman–Crippen LogP) is 1.89. The van der Waals surface area contributed by atoms with Gasteiger partial charge in [0.15, 0.2) is 0 Å². The number of nitrogen functional groups attached to an aromatic ring is 1. The number of hydrogen-bond donors (Lipinski definition) is 1. The van der Waals surface area contributed by atoms with Gasteiger partial charge in [-0.2, -0.15) is 0 Å². The van der Waals surface area contributed by atoms with Crippen molar-refractivity contribution in [2.24, 2.45) is 5.92 Å². The fraction of sp³-hybridized carbons (Fsp3) is 0.533. The van der Waals surface area contributed by atoms with E-state index < -0.39 is 0 Å². The molecule has 3 aliphatic rings. The smallest absolute Gasteiger partial charge is 0.201 e. The summed E-state index contributed by atoms with van der Waals surface area (Å²) < 4.78 is 7.63. The topological polar surface area (TPSA) is 56.3 Å². The third-order valence-corrected chi connectivity index (χ3v) is 4.88. The van der Waals surface area contributed by atoms with Crippen molar-refractivity contribution in [1.29, 1.82) is 0 Å². The molecule has 5 nitrogen and oxygen atoms in total. The molecule has 0 spiro atoms. The fourth-order valence-electron chi connectivity index (χ4n) is 3.85. The standard InChI is InChI=1S/C15H20N4O/c1-20-13-4-2-3-11-14(13)17-15(16)19(11)12-9-18-7-5-10(12)6-8-18/h2-4,10,12H,5-9H2,1H3,(H2,16,17). The van der Waals surface area contributed by atoms with E-state index in [2.05, 4.69) is 20.5 Å². The van der Waals surface area contributed by atoms with Crippen LogP contribution in [0.4, 0.5) is 5.95 Å². The summed E-state index contributed by atoms with van der Waals surface area (Å²) >= 11 is 0. The first-order valence-electron chi connectivity index (χ1n) is 7.30. The van der Waals surface area contributed by atoms with E-state index in [4.69, 9.17) is 10.5 Å². The van der Waals surface area contributed by atoms with Crippen LogP contribution in [0.25, 0.3) is 11.0 Å². The number of anilines is 1. The summed E-state index contributed by atoms with van der Waals surface area (Å²) in [7, 11) is 1.68. The number of benzene rings is 1. The molecule has 106 valence electrons. The molecule has 5 heteroatoms. The molecule has 3 saturated heterocycles. The number of rotatable bonds is 2. The average Bonchev–Trinajstić information content (AvgIpc) is 2.84. The van der Waals surface area contributed by atoms with Gasteiger partial charge >= 0.3 is 0 Å². The molecule has 3 fully saturated rings. The summed E-state index contributed by atoms with van der Waals surface area (Å²) in [4.78, 5) is 7.08. The summed E-state index contributed by atoms with van der Waals surface area (Å²) in [6.07, 6.45) is 2.54. The molecule has 0 aliphatic carbocycles. The van der Waals surface area contributed by atoms with Crippen molar-refractivity contribution in [3.63, 3.8) is 0 Å². The first kappa shape index (κ1) is 12.0. The Balaban J connectivity index is 1.85. The molecule has 2 N–H and O–H groups in total. The highest BCUT2D eigenvalue weighted by Gasteiger charge is 2.36. The van der Waals surface area contributed by atoms with Crippen molar-refractivity contribution in [2.45, 2.75) is 18.9 Å². The van der Waals surface area contributed by atoms with Gasteiger partial charge < -0.3 is 19.9 Å². The lowest BCUT2D eigenvalue weighted by Gasteiger charge is -2.45. The van der Waals surface area contributed by atoms with Crippen molar-refractivity contribution >= 4 is 17.0 Å². The third kappa shape index (κ3) is 1.62. The Morgan fingerprint density at radius 3 is 2.75 bits per heavy atom. The highest BCUT2D eigenvalue weighted by atomic mass is 16.5. The van der Waals surface area contributed by atoms with Gasteiger partial charge in [-0.1, -0.05) is 6.07 Å². The van der Waals surface area contributed by atoms with Crippen LogP contribution in [-0.4, -0.2) is 41.2 Å². The molecule has 1 aromatic carbocycles. The van der Waals surface area contributed by atoms with Crippen LogP contribution in [0.2, 0.25) is 0 Å². The first-order valence-corrected chi connectivity index (χ1v) is 7.30. The van der Waals surface area contributed by atoms with Crippen molar-refractivity contribution in [2.75, 3.05) is 32.5 Å². The molecule has 3 aliphatic heterocycles. The van der Waals surface area contributed by atoms with E-state index in [0.717, 1.165) is 29.2 Å². The minimum absolute atomic E-state index is 0.453. The molecule has 20 heavy (non-hydrogen) atoms. The zero-order valence-corrected chi connectivity index (χ0v) is 11.7. The van der Waals surface area contributed by atoms with Gasteiger partial charge in [0.1, 0.15) is 11.3 Å². The van der Waals surface area contributed by atoms with Gasteiger partial charge in [0.05, 0.1) is 18.7 Å². The molecule has 1 atom stereocenters. The number of hydrogen-bond acceptors (Lipinski definition) is 4. The third-order valence-electron chi connectivity index (χ3n) is 4.88. The second-order valence-electron chi connectivity index (χ2n) is 5.87. The van der Waals surface area contributed by atoms with Gasteiger partial charge in [0.2, 0.25) is 5.95 Å². The minimum Gasteiger partial charge on any atom is -0.494 e. The number of aromatic nitrogens is 2. The van der Waals surface area contributed by atoms with E-state index in [0.29, 0.717) is 12.0 Å². The Kier molecular flexibility index (Phi) is 2.63. The number of piperidine rings is 3. The second-order valence-corrected chi connectivity index (χ2v) is 5.87. The van der Waals surface area contributed by atoms with E-state index in [-0.39, 0.29) is 0 Å². The number of methoxy groups -OCH3 is 1. The second kappa shape index (κ2) is 4.38. The maximum Gasteiger partial charge on any atom is 0.201 e. The van der Waals surface area contributed by atoms with Crippen LogP contribution in [0.5, 0.6) is 5.75 Å². The van der Waals surface area contributed by atoms with Crippen LogP contribution in [0.3, 0.4) is 0 Å². The van der Waals surface area contributed by atoms with E-state index >= 15 is 0 Å². The maximum atomic E-state index is 6.22. The van der Waals surface area contributed by atoms with Gasteiger partial charge in [-0.25, -0.2) is 4.98 Å². The summed E-state index contributed by atoms with van der Waals surface area (Å²) in [5.41, 5.74) is 8.19. The van der Waals surface area contributed by atoms with Gasteiger partial charge in [-0.15, -0.1) is 0 Å². The molecule has 0 amide bonds. The van der Waals surface area contributed by atoms with Gasteiger partial charge in [-0.3, -0.25) is 0 Å². The molecule has 4 heterocycles. The Labute approximate surface area is 118 Å². The summed E-state index contributed by atoms with van der Waals surface area (Å²) in [5, 5.41) is 0. The number of nitrogens with zero attached hydrogens (tertiary/aromatic N) is 3. The van der Waals surface area contributed by atoms with Gasteiger partial charge in [-0.05, 0) is 44.0 Å². The van der Waals surface area contributed by atoms with Crippen molar-refractivity contribution in [3.8, 4) is 5.75 Å². The molecule has 0 saturated carbocycles. The largest absolute Gasteiger partial charge is 0.494 e. The van der Waals surface area contributed by atoms with Crippen molar-refractivity contribution < 1.29 is 4.74 Å². The lowest BCUT2D eigenvalue weighted by molar-refractivity contribution is 0.0598. The Bertz CT molecular complexity index is 643. The Hall–Kier alpha value is -1.75. The van der Waals surface area contributed by atoms with Gasteiger partial charge in [0.25, 0.3) is 0 Å². The Morgan fingerprint density at radius 2 is 2.10 bits per heavy atom. The zero-order valence-electron chi connectivity index (χ0n) is 11.7. The monoisotopic (exact) mass is 272 g/mol. The number of imidazole rings is 1. The van der Waals surface area contributed by atoms with Crippen LogP contribution in [0.15, 0.2) is 18.2 Å². The lowest BCUT2D eigenvalue weighted by atomic mass is 9.84. The molecular weight excluding hydrogens is 252 g/mol. The zero-order chi connectivity index (χ0) is 13.7.